The Hall–Kier alpha value is -0.230. The Labute approximate surface area is 70.5 Å². The third-order valence-electron chi connectivity index (χ3n) is 1.32. The Morgan fingerprint density at radius 3 is 2.17 bits per heavy atom. The number of rotatable bonds is 6. The van der Waals surface area contributed by atoms with Gasteiger partial charge in [-0.1, -0.05) is 6.42 Å². The second-order valence-electron chi connectivity index (χ2n) is 2.50. The lowest BCUT2D eigenvalue weighted by atomic mass is 10.2. The van der Waals surface area contributed by atoms with Gasteiger partial charge in [-0.15, -0.1) is 0 Å². The molecular formula is C6H11F2O3S-. The van der Waals surface area contributed by atoms with Crippen molar-refractivity contribution in [2.75, 3.05) is 5.75 Å². The van der Waals surface area contributed by atoms with Crippen LogP contribution in [0.4, 0.5) is 8.78 Å². The maximum Gasteiger partial charge on any atom is 0.238 e. The van der Waals surface area contributed by atoms with Crippen molar-refractivity contribution >= 4 is 10.1 Å². The van der Waals surface area contributed by atoms with Gasteiger partial charge in [0, 0.05) is 12.2 Å². The SMILES string of the molecule is O=S(=O)([O-])CCCCCC(F)F. The van der Waals surface area contributed by atoms with Crippen molar-refractivity contribution in [1.82, 2.24) is 0 Å². The number of hydrogen-bond donors (Lipinski definition) is 0. The second kappa shape index (κ2) is 5.42. The van der Waals surface area contributed by atoms with E-state index in [2.05, 4.69) is 0 Å². The third-order valence-corrected chi connectivity index (χ3v) is 2.11. The van der Waals surface area contributed by atoms with Crippen molar-refractivity contribution in [2.45, 2.75) is 32.1 Å². The highest BCUT2D eigenvalue weighted by Crippen LogP contribution is 2.07. The quantitative estimate of drug-likeness (QED) is 0.481. The molecule has 0 spiro atoms. The molecule has 6 heteroatoms. The molecule has 0 aromatic carbocycles. The first kappa shape index (κ1) is 11.8. The van der Waals surface area contributed by atoms with Gasteiger partial charge in [0.2, 0.25) is 6.43 Å². The molecule has 0 heterocycles. The Morgan fingerprint density at radius 1 is 1.17 bits per heavy atom. The summed E-state index contributed by atoms with van der Waals surface area (Å²) in [5, 5.41) is 0. The summed E-state index contributed by atoms with van der Waals surface area (Å²) in [5.41, 5.74) is 0. The summed E-state index contributed by atoms with van der Waals surface area (Å²) in [5.74, 6) is -0.448. The third kappa shape index (κ3) is 9.77. The van der Waals surface area contributed by atoms with Gasteiger partial charge in [-0.3, -0.25) is 0 Å². The van der Waals surface area contributed by atoms with Gasteiger partial charge in [0.1, 0.15) is 0 Å². The first-order valence-corrected chi connectivity index (χ1v) is 5.21. The fourth-order valence-corrected chi connectivity index (χ4v) is 1.31. The molecule has 0 atom stereocenters. The van der Waals surface area contributed by atoms with Gasteiger partial charge < -0.3 is 4.55 Å². The van der Waals surface area contributed by atoms with Gasteiger partial charge in [0.15, 0.2) is 0 Å². The summed E-state index contributed by atoms with van der Waals surface area (Å²) < 4.78 is 53.1. The standard InChI is InChI=1S/C6H12F2O3S/c7-6(8)4-2-1-3-5-12(9,10)11/h6H,1-5H2,(H,9,10,11)/p-1. The van der Waals surface area contributed by atoms with Gasteiger partial charge >= 0.3 is 0 Å². The van der Waals surface area contributed by atoms with Gasteiger partial charge in [-0.25, -0.2) is 17.2 Å². The van der Waals surface area contributed by atoms with Gasteiger partial charge in [-0.05, 0) is 12.8 Å². The van der Waals surface area contributed by atoms with E-state index in [4.69, 9.17) is 0 Å². The fourth-order valence-electron chi connectivity index (χ4n) is 0.754. The highest BCUT2D eigenvalue weighted by molar-refractivity contribution is 7.85. The molecule has 3 nitrogen and oxygen atoms in total. The number of unbranched alkanes of at least 4 members (excludes halogenated alkanes) is 2. The molecule has 0 amide bonds. The molecule has 0 aliphatic rings. The molecule has 0 bridgehead atoms. The predicted octanol–water partition coefficient (Wildman–Crippen LogP) is 1.36. The minimum Gasteiger partial charge on any atom is -0.748 e. The molecule has 0 unspecified atom stereocenters. The largest absolute Gasteiger partial charge is 0.748 e. The highest BCUT2D eigenvalue weighted by atomic mass is 32.2. The number of halogens is 2. The van der Waals surface area contributed by atoms with Crippen molar-refractivity contribution in [3.8, 4) is 0 Å². The summed E-state index contributed by atoms with van der Waals surface area (Å²) in [6, 6.07) is 0. The highest BCUT2D eigenvalue weighted by Gasteiger charge is 2.01. The van der Waals surface area contributed by atoms with Gasteiger partial charge in [-0.2, -0.15) is 0 Å². The molecule has 0 saturated heterocycles. The number of hydrogen-bond acceptors (Lipinski definition) is 3. The zero-order valence-electron chi connectivity index (χ0n) is 6.50. The Morgan fingerprint density at radius 2 is 1.75 bits per heavy atom. The fraction of sp³-hybridized carbons (Fsp3) is 1.00. The lowest BCUT2D eigenvalue weighted by molar-refractivity contribution is 0.134. The van der Waals surface area contributed by atoms with Crippen LogP contribution >= 0.6 is 0 Å². The molecule has 0 rings (SSSR count). The Bertz CT molecular complexity index is 201. The van der Waals surface area contributed by atoms with Crippen LogP contribution in [0, 0.1) is 0 Å². The van der Waals surface area contributed by atoms with Crippen molar-refractivity contribution in [1.29, 1.82) is 0 Å². The topological polar surface area (TPSA) is 57.2 Å². The molecule has 74 valence electrons. The lowest BCUT2D eigenvalue weighted by Gasteiger charge is -2.05. The summed E-state index contributed by atoms with van der Waals surface area (Å²) in [6.45, 7) is 0. The first-order valence-electron chi connectivity index (χ1n) is 3.63. The average Bonchev–Trinajstić information content (AvgIpc) is 1.83. The summed E-state index contributed by atoms with van der Waals surface area (Å²) in [6.07, 6.45) is -1.75. The second-order valence-corrected chi connectivity index (χ2v) is 4.03. The van der Waals surface area contributed by atoms with Crippen molar-refractivity contribution < 1.29 is 21.8 Å². The van der Waals surface area contributed by atoms with Crippen LogP contribution < -0.4 is 0 Å². The van der Waals surface area contributed by atoms with Crippen LogP contribution in [0.25, 0.3) is 0 Å². The van der Waals surface area contributed by atoms with E-state index in [1.807, 2.05) is 0 Å². The minimum absolute atomic E-state index is 0.179. The van der Waals surface area contributed by atoms with E-state index in [0.717, 1.165) is 0 Å². The van der Waals surface area contributed by atoms with E-state index in [-0.39, 0.29) is 19.3 Å². The predicted molar refractivity (Wildman–Crippen MR) is 39.0 cm³/mol. The molecule has 0 saturated carbocycles. The zero-order chi connectivity index (χ0) is 9.61. The van der Waals surface area contributed by atoms with Gasteiger partial charge in [0.05, 0.1) is 10.1 Å². The molecule has 0 aliphatic heterocycles. The molecule has 0 N–H and O–H groups in total. The van der Waals surface area contributed by atoms with E-state index in [0.29, 0.717) is 6.42 Å². The summed E-state index contributed by atoms with van der Waals surface area (Å²) in [7, 11) is -4.16. The zero-order valence-corrected chi connectivity index (χ0v) is 7.32. The van der Waals surface area contributed by atoms with Crippen molar-refractivity contribution in [2.24, 2.45) is 0 Å². The molecule has 0 aromatic heterocycles. The van der Waals surface area contributed by atoms with E-state index in [1.54, 1.807) is 0 Å². The van der Waals surface area contributed by atoms with Crippen LogP contribution in [-0.2, 0) is 10.1 Å². The van der Waals surface area contributed by atoms with E-state index >= 15 is 0 Å². The van der Waals surface area contributed by atoms with E-state index in [1.165, 1.54) is 0 Å². The normalized spacial score (nSPS) is 12.3. The smallest absolute Gasteiger partial charge is 0.238 e. The van der Waals surface area contributed by atoms with Gasteiger partial charge in [0.25, 0.3) is 0 Å². The molecule has 12 heavy (non-hydrogen) atoms. The average molecular weight is 201 g/mol. The van der Waals surface area contributed by atoms with Crippen LogP contribution in [0.2, 0.25) is 0 Å². The lowest BCUT2D eigenvalue weighted by Crippen LogP contribution is -2.04. The molecular weight excluding hydrogens is 190 g/mol. The molecule has 0 aliphatic carbocycles. The minimum atomic E-state index is -4.16. The maximum absolute atomic E-state index is 11.5. The monoisotopic (exact) mass is 201 g/mol. The molecule has 0 fully saturated rings. The molecule has 0 aromatic rings. The van der Waals surface area contributed by atoms with E-state index in [9.17, 15) is 21.8 Å². The first-order chi connectivity index (χ1) is 5.42. The Balaban J connectivity index is 3.23. The van der Waals surface area contributed by atoms with Crippen LogP contribution in [0.1, 0.15) is 25.7 Å². The van der Waals surface area contributed by atoms with Crippen LogP contribution in [0.3, 0.4) is 0 Å². The van der Waals surface area contributed by atoms with Crippen LogP contribution in [-0.4, -0.2) is 25.1 Å². The summed E-state index contributed by atoms with van der Waals surface area (Å²) in [4.78, 5) is 0. The van der Waals surface area contributed by atoms with Crippen LogP contribution in [0.5, 0.6) is 0 Å². The number of alkyl halides is 2. The van der Waals surface area contributed by atoms with Crippen molar-refractivity contribution in [3.05, 3.63) is 0 Å². The maximum atomic E-state index is 11.5. The van der Waals surface area contributed by atoms with Crippen LogP contribution in [0.15, 0.2) is 0 Å². The van der Waals surface area contributed by atoms with E-state index < -0.39 is 22.3 Å². The summed E-state index contributed by atoms with van der Waals surface area (Å²) >= 11 is 0. The molecule has 0 radical (unpaired) electrons. The van der Waals surface area contributed by atoms with Crippen molar-refractivity contribution in [3.63, 3.8) is 0 Å². The Kier molecular flexibility index (Phi) is 5.32.